The molecule has 4 rings (SSSR count). The number of nitro groups is 1. The number of allylic oxidation sites excluding steroid dienone is 2. The van der Waals surface area contributed by atoms with E-state index in [1.807, 2.05) is 76.6 Å². The summed E-state index contributed by atoms with van der Waals surface area (Å²) < 4.78 is 14.4. The molecule has 2 heterocycles. The fraction of sp³-hybridized carbons (Fsp3) is 0.528. The Labute approximate surface area is 436 Å². The van der Waals surface area contributed by atoms with Gasteiger partial charge in [-0.2, -0.15) is 0 Å². The Bertz CT molecular complexity index is 2630. The molecule has 0 aliphatic carbocycles. The molecular formula is C53H75N9O11S. The quantitative estimate of drug-likeness (QED) is 0.0681. The number of nitro benzene ring substituents is 1. The number of rotatable bonds is 16. The zero-order valence-corrected chi connectivity index (χ0v) is 45.2. The van der Waals surface area contributed by atoms with Crippen LogP contribution >= 0.6 is 0 Å². The van der Waals surface area contributed by atoms with Crippen molar-refractivity contribution >= 4 is 68.7 Å². The van der Waals surface area contributed by atoms with Crippen LogP contribution in [0, 0.1) is 22.0 Å². The van der Waals surface area contributed by atoms with E-state index in [0.717, 1.165) is 27.9 Å². The highest BCUT2D eigenvalue weighted by atomic mass is 32.2. The van der Waals surface area contributed by atoms with Crippen molar-refractivity contribution in [1.82, 2.24) is 41.0 Å². The Morgan fingerprint density at radius 3 is 1.96 bits per heavy atom. The number of hydrogen-bond donors (Lipinski definition) is 6. The lowest BCUT2D eigenvalue weighted by Crippen LogP contribution is -2.60. The molecule has 1 aliphatic rings. The lowest BCUT2D eigenvalue weighted by atomic mass is 9.98. The van der Waals surface area contributed by atoms with E-state index >= 15 is 4.79 Å². The molecule has 21 heteroatoms. The molecular weight excluding hydrogens is 971 g/mol. The van der Waals surface area contributed by atoms with Gasteiger partial charge in [0.2, 0.25) is 41.4 Å². The van der Waals surface area contributed by atoms with Crippen molar-refractivity contribution in [3.05, 3.63) is 94.7 Å². The predicted molar refractivity (Wildman–Crippen MR) is 284 cm³/mol. The summed E-state index contributed by atoms with van der Waals surface area (Å²) in [6.45, 7) is 18.4. The number of carbonyl (C=O) groups is 7. The summed E-state index contributed by atoms with van der Waals surface area (Å²) >= 11 is 0. The maximum atomic E-state index is 15.3. The average molecular weight is 1050 g/mol. The van der Waals surface area contributed by atoms with E-state index < -0.39 is 116 Å². The second kappa shape index (κ2) is 26.4. The second-order valence-electron chi connectivity index (χ2n) is 20.4. The SMILES string of the molecule is C=CC(C)(C)n1cc(C[C@@H]2NC(=O)[C@H](CC=CC)NC(=O)[C@H](CC(C)C)NC(=O)[C@H](CCS(C)=O)N(C)C(=O)[C@H](C)NC(=O)[C@H](Cc3ccc(O)c([N+](=O)[O-])c3)NC(=O)[C@H](CC(C)C)N(C)C2=O)c2ccccc21. The van der Waals surface area contributed by atoms with Gasteiger partial charge in [-0.3, -0.25) is 47.9 Å². The molecule has 1 saturated heterocycles. The average Bonchev–Trinajstić information content (AvgIpc) is 3.71. The maximum absolute atomic E-state index is 15.3. The standard InChI is InChI=1S/C53H75N9O11S/c1-13-15-19-37-46(64)58-40(29-35-30-61(53(8,9)14-2)41-20-17-16-18-36(35)41)52(70)60(11)44(26-32(5)6)50(68)57-39(27-34-21-22-45(63)43(28-34)62(71)72)47(65)54-33(7)51(69)59(10)42(23-24-74(12)73)49(67)56-38(25-31(3)4)48(66)55-37/h13-18,20-22,28,30-33,37-40,42,44,63H,2,19,23-27,29H2,1,3-12H3,(H,54,65)(H,55,66)(H,56,67)(H,57,68)(H,58,64)/t33-,37-,38-,39-,40-,42-,44-,74?/m0/s1. The van der Waals surface area contributed by atoms with Crippen molar-refractivity contribution in [1.29, 1.82) is 0 Å². The summed E-state index contributed by atoms with van der Waals surface area (Å²) in [7, 11) is 1.31. The Morgan fingerprint density at radius 1 is 0.784 bits per heavy atom. The molecule has 20 nitrogen and oxygen atoms in total. The zero-order valence-electron chi connectivity index (χ0n) is 44.4. The van der Waals surface area contributed by atoms with Crippen LogP contribution in [0.25, 0.3) is 10.9 Å². The monoisotopic (exact) mass is 1050 g/mol. The molecule has 8 atom stereocenters. The fourth-order valence-corrected chi connectivity index (χ4v) is 9.44. The first-order valence-electron chi connectivity index (χ1n) is 24.9. The number of benzene rings is 2. The minimum absolute atomic E-state index is 0.0195. The largest absolute Gasteiger partial charge is 0.502 e. The zero-order chi connectivity index (χ0) is 55.4. The van der Waals surface area contributed by atoms with Crippen molar-refractivity contribution in [2.45, 2.75) is 142 Å². The number of nitrogens with one attached hydrogen (secondary N) is 5. The molecule has 2 aromatic carbocycles. The fourth-order valence-electron chi connectivity index (χ4n) is 8.88. The van der Waals surface area contributed by atoms with E-state index in [1.54, 1.807) is 25.2 Å². The highest BCUT2D eigenvalue weighted by Gasteiger charge is 2.39. The number of para-hydroxylation sites is 1. The Kier molecular flexibility index (Phi) is 21.2. The van der Waals surface area contributed by atoms with Crippen molar-refractivity contribution in [3.63, 3.8) is 0 Å². The normalized spacial score (nSPS) is 23.0. The lowest BCUT2D eigenvalue weighted by molar-refractivity contribution is -0.385. The third kappa shape index (κ3) is 15.6. The maximum Gasteiger partial charge on any atom is 0.310 e. The number of carbonyl (C=O) groups excluding carboxylic acids is 7. The van der Waals surface area contributed by atoms with E-state index in [4.69, 9.17) is 0 Å². The summed E-state index contributed by atoms with van der Waals surface area (Å²) in [6.07, 6.45) is 8.02. The van der Waals surface area contributed by atoms with E-state index in [0.29, 0.717) is 5.56 Å². The molecule has 0 radical (unpaired) electrons. The number of hydrogen-bond acceptors (Lipinski definition) is 11. The van der Waals surface area contributed by atoms with Gasteiger partial charge in [0.05, 0.1) is 10.5 Å². The van der Waals surface area contributed by atoms with E-state index in [2.05, 4.69) is 33.2 Å². The molecule has 7 amide bonds. The van der Waals surface area contributed by atoms with Gasteiger partial charge in [0.1, 0.15) is 42.3 Å². The van der Waals surface area contributed by atoms with Gasteiger partial charge in [-0.15, -0.1) is 6.58 Å². The van der Waals surface area contributed by atoms with Crippen LogP contribution in [0.15, 0.2) is 73.5 Å². The highest BCUT2D eigenvalue weighted by Crippen LogP contribution is 2.30. The van der Waals surface area contributed by atoms with Crippen molar-refractivity contribution < 1.29 is 47.8 Å². The smallest absolute Gasteiger partial charge is 0.310 e. The molecule has 0 bridgehead atoms. The first-order chi connectivity index (χ1) is 34.7. The van der Waals surface area contributed by atoms with Crippen LogP contribution in [0.3, 0.4) is 0 Å². The second-order valence-corrected chi connectivity index (χ2v) is 22.0. The molecule has 1 aliphatic heterocycles. The molecule has 0 spiro atoms. The summed E-state index contributed by atoms with van der Waals surface area (Å²) in [6, 6.07) is 1.62. The number of aromatic nitrogens is 1. The van der Waals surface area contributed by atoms with Crippen molar-refractivity contribution in [3.8, 4) is 5.75 Å². The Hall–Kier alpha value is -6.90. The Morgan fingerprint density at radius 2 is 1.35 bits per heavy atom. The van der Waals surface area contributed by atoms with Gasteiger partial charge in [-0.1, -0.05) is 70.2 Å². The summed E-state index contributed by atoms with van der Waals surface area (Å²) in [4.78, 5) is 116. The van der Waals surface area contributed by atoms with Gasteiger partial charge in [-0.25, -0.2) is 0 Å². The molecule has 404 valence electrons. The van der Waals surface area contributed by atoms with Crippen LogP contribution in [0.5, 0.6) is 5.75 Å². The minimum Gasteiger partial charge on any atom is -0.502 e. The molecule has 6 N–H and O–H groups in total. The summed E-state index contributed by atoms with van der Waals surface area (Å²) in [5, 5.41) is 36.7. The molecule has 3 aromatic rings. The van der Waals surface area contributed by atoms with E-state index in [1.165, 1.54) is 38.2 Å². The number of likely N-dealkylation sites (N-methyl/N-ethyl adjacent to an activating group) is 2. The number of fused-ring (bicyclic) bond motifs is 1. The van der Waals surface area contributed by atoms with Crippen molar-refractivity contribution in [2.75, 3.05) is 26.1 Å². The van der Waals surface area contributed by atoms with Crippen molar-refractivity contribution in [2.24, 2.45) is 11.8 Å². The van der Waals surface area contributed by atoms with Crippen LogP contribution < -0.4 is 26.6 Å². The molecule has 1 fully saturated rings. The number of amides is 7. The van der Waals surface area contributed by atoms with Gasteiger partial charge in [0.25, 0.3) is 0 Å². The third-order valence-corrected chi connectivity index (χ3v) is 14.0. The first kappa shape index (κ1) is 59.7. The first-order valence-corrected chi connectivity index (χ1v) is 26.6. The van der Waals surface area contributed by atoms with Gasteiger partial charge < -0.3 is 46.1 Å². The number of phenolic OH excluding ortho intramolecular Hbond substituents is 1. The minimum atomic E-state index is -1.54. The van der Waals surface area contributed by atoms with Crippen LogP contribution in [0.4, 0.5) is 5.69 Å². The molecule has 1 unspecified atom stereocenters. The molecule has 0 saturated carbocycles. The molecule has 1 aromatic heterocycles. The lowest BCUT2D eigenvalue weighted by Gasteiger charge is -2.33. The van der Waals surface area contributed by atoms with Gasteiger partial charge in [0, 0.05) is 72.9 Å². The predicted octanol–water partition coefficient (Wildman–Crippen LogP) is 3.90. The number of aromatic hydroxyl groups is 1. The van der Waals surface area contributed by atoms with E-state index in [9.17, 15) is 48.2 Å². The Balaban J connectivity index is 1.97. The summed E-state index contributed by atoms with van der Waals surface area (Å²) in [5.74, 6) is -6.46. The molecule has 74 heavy (non-hydrogen) atoms. The van der Waals surface area contributed by atoms with Crippen LogP contribution in [-0.4, -0.2) is 138 Å². The van der Waals surface area contributed by atoms with Crippen LogP contribution in [0.1, 0.15) is 92.2 Å². The summed E-state index contributed by atoms with van der Waals surface area (Å²) in [5.41, 5.74) is 0.392. The van der Waals surface area contributed by atoms with Gasteiger partial charge >= 0.3 is 5.69 Å². The number of nitrogens with zero attached hydrogens (tertiary/aromatic N) is 4. The highest BCUT2D eigenvalue weighted by molar-refractivity contribution is 7.84. The third-order valence-electron chi connectivity index (χ3n) is 13.2. The topological polar surface area (TPSA) is 271 Å². The van der Waals surface area contributed by atoms with E-state index in [-0.39, 0.29) is 61.7 Å². The van der Waals surface area contributed by atoms with Gasteiger partial charge in [0.15, 0.2) is 5.75 Å². The number of phenols is 1. The van der Waals surface area contributed by atoms with Gasteiger partial charge in [-0.05, 0) is 88.5 Å². The van der Waals surface area contributed by atoms with Crippen LogP contribution in [-0.2, 0) is 62.7 Å². The van der Waals surface area contributed by atoms with Crippen LogP contribution in [0.2, 0.25) is 0 Å².